The van der Waals surface area contributed by atoms with E-state index in [1.54, 1.807) is 30.5 Å². The van der Waals surface area contributed by atoms with Crippen LogP contribution in [0.3, 0.4) is 0 Å². The van der Waals surface area contributed by atoms with Crippen LogP contribution in [0.4, 0.5) is 0 Å². The van der Waals surface area contributed by atoms with Crippen molar-refractivity contribution in [1.29, 1.82) is 0 Å². The standard InChI is InChI=1S/C24H22N6O3S/c1-14-10-16(18-4-3-9-25-21(18)26-14)13-33-17-7-5-15(6-8-17)22(31)27-20-12-30(2)11-19(20)23-28-29-24(32)34-23/h3-10,19H,11-13H2,1-2H3,(H,29,32)/t19-/m0/s1. The molecule has 1 aliphatic heterocycles. The molecule has 0 aliphatic carbocycles. The highest BCUT2D eigenvalue weighted by Gasteiger charge is 2.31. The third-order valence-electron chi connectivity index (χ3n) is 5.62. The number of nitrogens with zero attached hydrogens (tertiary/aromatic N) is 5. The van der Waals surface area contributed by atoms with E-state index in [-0.39, 0.29) is 16.7 Å². The number of carbonyl (C=O) groups is 1. The number of benzene rings is 1. The van der Waals surface area contributed by atoms with Gasteiger partial charge in [0, 0.05) is 47.2 Å². The summed E-state index contributed by atoms with van der Waals surface area (Å²) in [6.07, 6.45) is 1.72. The van der Waals surface area contributed by atoms with Crippen LogP contribution in [0.2, 0.25) is 0 Å². The normalized spacial score (nSPS) is 17.5. The minimum atomic E-state index is -0.327. The first-order valence-corrected chi connectivity index (χ1v) is 11.6. The molecule has 172 valence electrons. The second-order valence-corrected chi connectivity index (χ2v) is 9.21. The van der Waals surface area contributed by atoms with Crippen LogP contribution >= 0.6 is 11.3 Å². The van der Waals surface area contributed by atoms with E-state index in [0.29, 0.717) is 47.4 Å². The molecule has 0 unspecified atom stereocenters. The highest BCUT2D eigenvalue weighted by Crippen LogP contribution is 2.25. The Hall–Kier alpha value is -3.76. The van der Waals surface area contributed by atoms with Crippen molar-refractivity contribution >= 4 is 34.0 Å². The summed E-state index contributed by atoms with van der Waals surface area (Å²) in [4.78, 5) is 39.3. The van der Waals surface area contributed by atoms with Crippen LogP contribution in [-0.2, 0) is 6.61 Å². The van der Waals surface area contributed by atoms with Crippen molar-refractivity contribution < 1.29 is 9.53 Å². The summed E-state index contributed by atoms with van der Waals surface area (Å²) < 4.78 is 5.97. The van der Waals surface area contributed by atoms with E-state index in [2.05, 4.69) is 30.1 Å². The second-order valence-electron chi connectivity index (χ2n) is 8.22. The molecule has 1 aromatic carbocycles. The predicted octanol–water partition coefficient (Wildman–Crippen LogP) is 2.97. The van der Waals surface area contributed by atoms with E-state index in [1.165, 1.54) is 0 Å². The van der Waals surface area contributed by atoms with Crippen LogP contribution < -0.4 is 9.61 Å². The van der Waals surface area contributed by atoms with Crippen molar-refractivity contribution in [2.45, 2.75) is 19.4 Å². The third kappa shape index (κ3) is 4.63. The van der Waals surface area contributed by atoms with Gasteiger partial charge in [0.05, 0.1) is 5.92 Å². The molecule has 0 radical (unpaired) electrons. The lowest BCUT2D eigenvalue weighted by atomic mass is 10.1. The van der Waals surface area contributed by atoms with Gasteiger partial charge < -0.3 is 4.74 Å². The Bertz CT molecular complexity index is 1440. The van der Waals surface area contributed by atoms with Gasteiger partial charge in [0.2, 0.25) is 0 Å². The Morgan fingerprint density at radius 3 is 2.88 bits per heavy atom. The maximum absolute atomic E-state index is 12.8. The Morgan fingerprint density at radius 2 is 2.12 bits per heavy atom. The van der Waals surface area contributed by atoms with E-state index in [9.17, 15) is 9.59 Å². The molecule has 1 fully saturated rings. The summed E-state index contributed by atoms with van der Waals surface area (Å²) in [6.45, 7) is 3.51. The number of pyridine rings is 2. The number of H-pyrrole nitrogens is 1. The number of aromatic amines is 1. The van der Waals surface area contributed by atoms with Gasteiger partial charge in [-0.15, -0.1) is 0 Å². The summed E-state index contributed by atoms with van der Waals surface area (Å²) >= 11 is 1.06. The van der Waals surface area contributed by atoms with Gasteiger partial charge >= 0.3 is 4.87 Å². The summed E-state index contributed by atoms with van der Waals surface area (Å²) in [5.74, 6) is 0.163. The Morgan fingerprint density at radius 1 is 1.29 bits per heavy atom. The number of ether oxygens (including phenoxy) is 1. The van der Waals surface area contributed by atoms with Crippen LogP contribution in [0.5, 0.6) is 5.75 Å². The summed E-state index contributed by atoms with van der Waals surface area (Å²) in [6, 6.07) is 12.8. The lowest BCUT2D eigenvalue weighted by molar-refractivity contribution is 0.100. The first kappa shape index (κ1) is 22.1. The van der Waals surface area contributed by atoms with E-state index in [0.717, 1.165) is 28.0 Å². The summed E-state index contributed by atoms with van der Waals surface area (Å²) in [7, 11) is 1.95. The molecule has 1 saturated heterocycles. The molecule has 0 saturated carbocycles. The SMILES string of the molecule is Cc1cc(COc2ccc(C(=O)N=C3CN(C)C[C@@H]3c3n[nH]c(=O)s3)cc2)c2cccnc2n1. The maximum atomic E-state index is 12.8. The zero-order valence-electron chi connectivity index (χ0n) is 18.7. The fourth-order valence-corrected chi connectivity index (χ4v) is 4.75. The Balaban J connectivity index is 1.30. The minimum Gasteiger partial charge on any atom is -0.489 e. The van der Waals surface area contributed by atoms with Gasteiger partial charge in [-0.25, -0.2) is 20.1 Å². The van der Waals surface area contributed by atoms with Gasteiger partial charge in [0.1, 0.15) is 17.4 Å². The van der Waals surface area contributed by atoms with Gasteiger partial charge in [0.25, 0.3) is 5.91 Å². The van der Waals surface area contributed by atoms with Gasteiger partial charge in [0.15, 0.2) is 5.65 Å². The highest BCUT2D eigenvalue weighted by molar-refractivity contribution is 7.09. The highest BCUT2D eigenvalue weighted by atomic mass is 32.1. The van der Waals surface area contributed by atoms with Crippen molar-refractivity contribution in [2.75, 3.05) is 20.1 Å². The number of hydrogen-bond donors (Lipinski definition) is 1. The van der Waals surface area contributed by atoms with Gasteiger partial charge in [-0.3, -0.25) is 14.5 Å². The predicted molar refractivity (Wildman–Crippen MR) is 130 cm³/mol. The monoisotopic (exact) mass is 474 g/mol. The number of carbonyl (C=O) groups excluding carboxylic acids is 1. The molecule has 3 aromatic heterocycles. The Labute approximate surface area is 199 Å². The first-order chi connectivity index (χ1) is 16.5. The number of rotatable bonds is 5. The first-order valence-electron chi connectivity index (χ1n) is 10.8. The number of aryl methyl sites for hydroxylation is 1. The number of hydrogen-bond acceptors (Lipinski definition) is 8. The molecular formula is C24H22N6O3S. The van der Waals surface area contributed by atoms with Crippen molar-refractivity contribution in [2.24, 2.45) is 4.99 Å². The molecule has 1 N–H and O–H groups in total. The average Bonchev–Trinajstić information content (AvgIpc) is 3.42. The molecule has 1 amide bonds. The molecule has 0 spiro atoms. The van der Waals surface area contributed by atoms with Gasteiger partial charge in [-0.2, -0.15) is 5.10 Å². The number of likely N-dealkylation sites (tertiary alicyclic amines) is 1. The summed E-state index contributed by atoms with van der Waals surface area (Å²) in [5.41, 5.74) is 3.75. The zero-order chi connectivity index (χ0) is 23.7. The molecule has 0 bridgehead atoms. The fourth-order valence-electron chi connectivity index (χ4n) is 4.03. The molecule has 1 atom stereocenters. The molecule has 10 heteroatoms. The van der Waals surface area contributed by atoms with Crippen molar-refractivity contribution in [1.82, 2.24) is 25.1 Å². The topological polar surface area (TPSA) is 113 Å². The third-order valence-corrected chi connectivity index (χ3v) is 6.48. The number of amides is 1. The second kappa shape index (κ2) is 9.24. The van der Waals surface area contributed by atoms with Crippen molar-refractivity contribution in [3.05, 3.63) is 80.2 Å². The molecule has 9 nitrogen and oxygen atoms in total. The smallest absolute Gasteiger partial charge is 0.322 e. The number of nitrogens with one attached hydrogen (secondary N) is 1. The van der Waals surface area contributed by atoms with E-state index >= 15 is 0 Å². The number of likely N-dealkylation sites (N-methyl/N-ethyl adjacent to an activating group) is 1. The Kier molecular flexibility index (Phi) is 5.99. The molecule has 4 aromatic rings. The van der Waals surface area contributed by atoms with Crippen LogP contribution in [-0.4, -0.2) is 56.8 Å². The number of aromatic nitrogens is 4. The van der Waals surface area contributed by atoms with E-state index < -0.39 is 0 Å². The van der Waals surface area contributed by atoms with Crippen molar-refractivity contribution in [3.63, 3.8) is 0 Å². The van der Waals surface area contributed by atoms with E-state index in [1.807, 2.05) is 32.2 Å². The zero-order valence-corrected chi connectivity index (χ0v) is 19.5. The van der Waals surface area contributed by atoms with Crippen molar-refractivity contribution in [3.8, 4) is 5.75 Å². The van der Waals surface area contributed by atoms with Crippen LogP contribution in [0, 0.1) is 6.92 Å². The average molecular weight is 475 g/mol. The molecule has 5 rings (SSSR count). The van der Waals surface area contributed by atoms with Crippen LogP contribution in [0.25, 0.3) is 11.0 Å². The number of aliphatic imine (C=N–C) groups is 1. The summed E-state index contributed by atoms with van der Waals surface area (Å²) in [5, 5.41) is 8.13. The number of fused-ring (bicyclic) bond motifs is 1. The van der Waals surface area contributed by atoms with E-state index in [4.69, 9.17) is 4.74 Å². The molecule has 1 aliphatic rings. The molecule has 34 heavy (non-hydrogen) atoms. The lowest BCUT2D eigenvalue weighted by Gasteiger charge is -2.10. The maximum Gasteiger partial charge on any atom is 0.322 e. The quantitative estimate of drug-likeness (QED) is 0.473. The van der Waals surface area contributed by atoms with Crippen LogP contribution in [0.1, 0.15) is 32.5 Å². The van der Waals surface area contributed by atoms with Gasteiger partial charge in [-0.1, -0.05) is 11.3 Å². The molecular weight excluding hydrogens is 452 g/mol. The molecule has 4 heterocycles. The van der Waals surface area contributed by atoms with Gasteiger partial charge in [-0.05, 0) is 56.4 Å². The lowest BCUT2D eigenvalue weighted by Crippen LogP contribution is -2.14. The largest absolute Gasteiger partial charge is 0.489 e. The fraction of sp³-hybridized carbons (Fsp3) is 0.250. The van der Waals surface area contributed by atoms with Crippen LogP contribution in [0.15, 0.2) is 58.4 Å². The minimum absolute atomic E-state index is 0.159.